The topological polar surface area (TPSA) is 128 Å². The third-order valence-electron chi connectivity index (χ3n) is 9.67. The van der Waals surface area contributed by atoms with Crippen LogP contribution in [-0.4, -0.2) is 63.1 Å². The van der Waals surface area contributed by atoms with Crippen molar-refractivity contribution in [1.29, 1.82) is 0 Å². The van der Waals surface area contributed by atoms with Gasteiger partial charge in [-0.05, 0) is 90.1 Å². The Bertz CT molecular complexity index is 1990. The van der Waals surface area contributed by atoms with Gasteiger partial charge in [0.1, 0.15) is 23.4 Å². The number of aromatic nitrogens is 4. The zero-order chi connectivity index (χ0) is 36.1. The number of aromatic amines is 2. The van der Waals surface area contributed by atoms with E-state index in [0.717, 1.165) is 77.5 Å². The fraction of sp³-hybridized carbons (Fsp3) is 0.415. The molecule has 4 aromatic rings. The highest BCUT2D eigenvalue weighted by atomic mass is 16.5. The Morgan fingerprint density at radius 2 is 1.69 bits per heavy atom. The maximum atomic E-state index is 13.7. The maximum Gasteiger partial charge on any atom is 0.407 e. The largest absolute Gasteiger partial charge is 0.453 e. The number of benzene rings is 2. The third kappa shape index (κ3) is 8.19. The van der Waals surface area contributed by atoms with E-state index in [1.54, 1.807) is 6.20 Å². The van der Waals surface area contributed by atoms with Gasteiger partial charge in [0, 0.05) is 17.7 Å². The third-order valence-corrected chi connectivity index (χ3v) is 9.67. The molecule has 10 heteroatoms. The van der Waals surface area contributed by atoms with Gasteiger partial charge in [0.05, 0.1) is 37.3 Å². The number of likely N-dealkylation sites (tertiary alicyclic amines) is 1. The number of nitrogens with zero attached hydrogens (tertiary/aromatic N) is 3. The van der Waals surface area contributed by atoms with Crippen molar-refractivity contribution in [3.05, 3.63) is 83.3 Å². The second kappa shape index (κ2) is 15.3. The number of methoxy groups -OCH3 is 1. The van der Waals surface area contributed by atoms with Crippen LogP contribution in [0, 0.1) is 29.6 Å². The number of hydrogen-bond donors (Lipinski definition) is 4. The van der Waals surface area contributed by atoms with Crippen LogP contribution >= 0.6 is 0 Å². The lowest BCUT2D eigenvalue weighted by molar-refractivity contribution is -0.135. The Kier molecular flexibility index (Phi) is 10.6. The molecule has 264 valence electrons. The van der Waals surface area contributed by atoms with Crippen LogP contribution < -0.4 is 10.6 Å². The number of carbonyl (C=O) groups is 2. The number of H-pyrrole nitrogens is 2. The first-order valence-corrected chi connectivity index (χ1v) is 17.8. The standard InChI is InChI=1S/C41H47N7O3/c1-26(2)36(47-40(50)51-6)39(49)48-22-10-14-35(48)38-44-25-34(46-38)29-16-15-27(32(23-29)28-17-19-30(20-18-28)41(3,4)5)11-7-8-12-31-24-43-37(45-31)33-13-9-21-42-33/h15-20,23-26,33,35-36,42H,9-10,13-14,21-22H2,1-6H3,(H,43,45)(H,44,46)(H,47,50)/t33-,35-,36-/m0/s1. The van der Waals surface area contributed by atoms with Crippen molar-refractivity contribution in [2.45, 2.75) is 83.8 Å². The Morgan fingerprint density at radius 1 is 0.941 bits per heavy atom. The average molecular weight is 686 g/mol. The SMILES string of the molecule is COC(=O)N[C@H](C(=O)N1CCC[C@H]1c1ncc(-c2ccc(C#CC#Cc3cnc([C@@H]4CCCN4)[nH]3)c(-c3ccc(C(C)(C)C)cc3)c2)[nH]1)C(C)C. The second-order valence-corrected chi connectivity index (χ2v) is 14.6. The molecule has 2 amide bonds. The van der Waals surface area contributed by atoms with Gasteiger partial charge >= 0.3 is 6.09 Å². The molecule has 4 N–H and O–H groups in total. The molecule has 0 spiro atoms. The second-order valence-electron chi connectivity index (χ2n) is 14.6. The molecule has 2 aromatic carbocycles. The first kappa shape index (κ1) is 35.5. The molecule has 2 aliphatic rings. The Hall–Kier alpha value is -5.32. The summed E-state index contributed by atoms with van der Waals surface area (Å²) in [6.07, 6.45) is 6.81. The monoisotopic (exact) mass is 685 g/mol. The van der Waals surface area contributed by atoms with E-state index in [4.69, 9.17) is 9.72 Å². The van der Waals surface area contributed by atoms with Crippen LogP contribution in [0.3, 0.4) is 0 Å². The minimum Gasteiger partial charge on any atom is -0.453 e. The summed E-state index contributed by atoms with van der Waals surface area (Å²) in [7, 11) is 1.30. The highest BCUT2D eigenvalue weighted by molar-refractivity contribution is 5.86. The fourth-order valence-electron chi connectivity index (χ4n) is 6.75. The number of carbonyl (C=O) groups excluding carboxylic acids is 2. The molecule has 3 atom stereocenters. The normalized spacial score (nSPS) is 17.7. The summed E-state index contributed by atoms with van der Waals surface area (Å²) in [5.41, 5.74) is 6.73. The van der Waals surface area contributed by atoms with Gasteiger partial charge in [-0.15, -0.1) is 0 Å². The van der Waals surface area contributed by atoms with E-state index in [-0.39, 0.29) is 29.3 Å². The fourth-order valence-corrected chi connectivity index (χ4v) is 6.75. The lowest BCUT2D eigenvalue weighted by Gasteiger charge is -2.30. The number of imidazole rings is 2. The number of nitrogens with one attached hydrogen (secondary N) is 4. The molecule has 0 saturated carbocycles. The van der Waals surface area contributed by atoms with Crippen molar-refractivity contribution in [1.82, 2.24) is 35.5 Å². The summed E-state index contributed by atoms with van der Waals surface area (Å²) in [6, 6.07) is 14.2. The number of alkyl carbamates (subject to hydrolysis) is 1. The van der Waals surface area contributed by atoms with Gasteiger partial charge in [-0.1, -0.05) is 70.9 Å². The van der Waals surface area contributed by atoms with E-state index in [1.807, 2.05) is 37.1 Å². The number of ether oxygens (including phenoxy) is 1. The van der Waals surface area contributed by atoms with E-state index in [2.05, 4.69) is 100 Å². The summed E-state index contributed by atoms with van der Waals surface area (Å²) in [5, 5.41) is 6.17. The molecule has 0 aliphatic carbocycles. The molecule has 0 bridgehead atoms. The predicted molar refractivity (Wildman–Crippen MR) is 198 cm³/mol. The van der Waals surface area contributed by atoms with Crippen LogP contribution in [0.2, 0.25) is 0 Å². The molecule has 0 unspecified atom stereocenters. The molecular formula is C41H47N7O3. The Morgan fingerprint density at radius 3 is 2.39 bits per heavy atom. The number of hydrogen-bond acceptors (Lipinski definition) is 6. The average Bonchev–Trinajstić information content (AvgIpc) is 3.95. The van der Waals surface area contributed by atoms with Crippen molar-refractivity contribution < 1.29 is 14.3 Å². The van der Waals surface area contributed by atoms with Crippen LogP contribution in [-0.2, 0) is 14.9 Å². The van der Waals surface area contributed by atoms with E-state index in [1.165, 1.54) is 12.7 Å². The summed E-state index contributed by atoms with van der Waals surface area (Å²) >= 11 is 0. The van der Waals surface area contributed by atoms with Gasteiger partial charge in [-0.2, -0.15) is 0 Å². The minimum atomic E-state index is -0.691. The number of amides is 2. The van der Waals surface area contributed by atoms with Crippen LogP contribution in [0.15, 0.2) is 54.9 Å². The number of rotatable bonds is 7. The molecular weight excluding hydrogens is 638 g/mol. The van der Waals surface area contributed by atoms with Crippen molar-refractivity contribution in [2.24, 2.45) is 5.92 Å². The van der Waals surface area contributed by atoms with Crippen LogP contribution in [0.5, 0.6) is 0 Å². The van der Waals surface area contributed by atoms with Crippen LogP contribution in [0.4, 0.5) is 4.79 Å². The molecule has 2 aromatic heterocycles. The summed E-state index contributed by atoms with van der Waals surface area (Å²) in [4.78, 5) is 43.6. The molecule has 6 rings (SSSR count). The molecule has 51 heavy (non-hydrogen) atoms. The summed E-state index contributed by atoms with van der Waals surface area (Å²) in [6.45, 7) is 12.0. The molecule has 4 heterocycles. The smallest absolute Gasteiger partial charge is 0.407 e. The molecule has 2 aliphatic heterocycles. The van der Waals surface area contributed by atoms with E-state index >= 15 is 0 Å². The highest BCUT2D eigenvalue weighted by Crippen LogP contribution is 2.35. The lowest BCUT2D eigenvalue weighted by Crippen LogP contribution is -2.51. The molecule has 10 nitrogen and oxygen atoms in total. The quantitative estimate of drug-likeness (QED) is 0.162. The first-order valence-electron chi connectivity index (χ1n) is 17.8. The zero-order valence-electron chi connectivity index (χ0n) is 30.3. The minimum absolute atomic E-state index is 0.0331. The summed E-state index contributed by atoms with van der Waals surface area (Å²) < 4.78 is 4.78. The van der Waals surface area contributed by atoms with Crippen molar-refractivity contribution in [3.63, 3.8) is 0 Å². The zero-order valence-corrected chi connectivity index (χ0v) is 30.3. The summed E-state index contributed by atoms with van der Waals surface area (Å²) in [5.74, 6) is 13.9. The predicted octanol–water partition coefficient (Wildman–Crippen LogP) is 6.64. The Labute approximate surface area is 300 Å². The van der Waals surface area contributed by atoms with Gasteiger partial charge in [0.2, 0.25) is 5.91 Å². The highest BCUT2D eigenvalue weighted by Gasteiger charge is 2.37. The first-order chi connectivity index (χ1) is 24.5. The van der Waals surface area contributed by atoms with Gasteiger partial charge in [0.15, 0.2) is 0 Å². The molecule has 2 fully saturated rings. The molecule has 0 radical (unpaired) electrons. The lowest BCUT2D eigenvalue weighted by atomic mass is 9.86. The van der Waals surface area contributed by atoms with Gasteiger partial charge in [-0.3, -0.25) is 4.79 Å². The van der Waals surface area contributed by atoms with Crippen LogP contribution in [0.1, 0.15) is 101 Å². The van der Waals surface area contributed by atoms with E-state index in [9.17, 15) is 9.59 Å². The van der Waals surface area contributed by atoms with Gasteiger partial charge < -0.3 is 30.2 Å². The van der Waals surface area contributed by atoms with Crippen molar-refractivity contribution in [3.8, 4) is 46.1 Å². The maximum absolute atomic E-state index is 13.7. The van der Waals surface area contributed by atoms with Crippen molar-refractivity contribution >= 4 is 12.0 Å². The van der Waals surface area contributed by atoms with Crippen molar-refractivity contribution in [2.75, 3.05) is 20.2 Å². The van der Waals surface area contributed by atoms with E-state index < -0.39 is 12.1 Å². The van der Waals surface area contributed by atoms with Crippen LogP contribution in [0.25, 0.3) is 22.4 Å². The van der Waals surface area contributed by atoms with Gasteiger partial charge in [0.25, 0.3) is 0 Å². The van der Waals surface area contributed by atoms with E-state index in [0.29, 0.717) is 6.54 Å². The molecule has 2 saturated heterocycles. The Balaban J connectivity index is 1.28. The van der Waals surface area contributed by atoms with Gasteiger partial charge in [-0.25, -0.2) is 14.8 Å².